The lowest BCUT2D eigenvalue weighted by Crippen LogP contribution is -2.41. The number of aliphatic imine (C=N–C) groups is 1. The first kappa shape index (κ1) is 22.2. The van der Waals surface area contributed by atoms with Crippen molar-refractivity contribution in [1.29, 1.82) is 0 Å². The normalized spacial score (nSPS) is 14.7. The monoisotopic (exact) mass is 520 g/mol. The fourth-order valence-corrected chi connectivity index (χ4v) is 3.44. The zero-order valence-corrected chi connectivity index (χ0v) is 19.2. The van der Waals surface area contributed by atoms with Crippen molar-refractivity contribution in [2.45, 2.75) is 31.7 Å². The molecule has 2 heterocycles. The Morgan fingerprint density at radius 3 is 2.70 bits per heavy atom. The highest BCUT2D eigenvalue weighted by molar-refractivity contribution is 14.0. The molecule has 158 valence electrons. The molecule has 0 spiro atoms. The summed E-state index contributed by atoms with van der Waals surface area (Å²) in [7, 11) is 0. The Kier molecular flexibility index (Phi) is 7.41. The molecule has 6 nitrogen and oxygen atoms in total. The van der Waals surface area contributed by atoms with E-state index in [1.807, 2.05) is 43.5 Å². The first-order valence-electron chi connectivity index (χ1n) is 9.92. The molecule has 4 rings (SSSR count). The van der Waals surface area contributed by atoms with Crippen molar-refractivity contribution in [3.8, 4) is 5.82 Å². The Balaban J connectivity index is 0.00000256. The van der Waals surface area contributed by atoms with Crippen LogP contribution in [0.3, 0.4) is 0 Å². The molecule has 0 atom stereocenters. The molecule has 2 aromatic heterocycles. The van der Waals surface area contributed by atoms with Crippen LogP contribution in [-0.4, -0.2) is 33.8 Å². The maximum Gasteiger partial charge on any atom is 0.191 e. The highest BCUT2D eigenvalue weighted by atomic mass is 127. The lowest BCUT2D eigenvalue weighted by molar-refractivity contribution is 0.559. The van der Waals surface area contributed by atoms with Gasteiger partial charge in [0.05, 0.1) is 6.54 Å². The largest absolute Gasteiger partial charge is 0.357 e. The molecule has 1 aliphatic rings. The van der Waals surface area contributed by atoms with Crippen LogP contribution in [0.1, 0.15) is 30.9 Å². The third-order valence-corrected chi connectivity index (χ3v) is 5.21. The third kappa shape index (κ3) is 5.16. The van der Waals surface area contributed by atoms with Crippen LogP contribution in [0, 0.1) is 5.82 Å². The van der Waals surface area contributed by atoms with Crippen molar-refractivity contribution >= 4 is 29.9 Å². The number of aromatic nitrogens is 3. The highest BCUT2D eigenvalue weighted by Gasteiger charge is 2.45. The summed E-state index contributed by atoms with van der Waals surface area (Å²) in [5.74, 6) is 1.36. The first-order valence-corrected chi connectivity index (χ1v) is 9.92. The van der Waals surface area contributed by atoms with Crippen molar-refractivity contribution < 1.29 is 4.39 Å². The molecule has 0 amide bonds. The molecule has 2 N–H and O–H groups in total. The first-order chi connectivity index (χ1) is 14.2. The number of halogens is 2. The summed E-state index contributed by atoms with van der Waals surface area (Å²) < 4.78 is 16.0. The number of hydrogen-bond donors (Lipinski definition) is 2. The number of rotatable bonds is 7. The van der Waals surface area contributed by atoms with E-state index in [1.54, 1.807) is 23.1 Å². The van der Waals surface area contributed by atoms with Gasteiger partial charge in [-0.25, -0.2) is 19.0 Å². The van der Waals surface area contributed by atoms with Gasteiger partial charge in [-0.1, -0.05) is 18.2 Å². The van der Waals surface area contributed by atoms with E-state index in [1.165, 1.54) is 6.07 Å². The molecule has 30 heavy (non-hydrogen) atoms. The van der Waals surface area contributed by atoms with Gasteiger partial charge in [-0.3, -0.25) is 0 Å². The molecule has 1 fully saturated rings. The second-order valence-corrected chi connectivity index (χ2v) is 7.28. The lowest BCUT2D eigenvalue weighted by Gasteiger charge is -2.19. The quantitative estimate of drug-likeness (QED) is 0.283. The maximum atomic E-state index is 14.2. The van der Waals surface area contributed by atoms with Gasteiger partial charge in [-0.15, -0.1) is 24.0 Å². The van der Waals surface area contributed by atoms with Gasteiger partial charge in [0.2, 0.25) is 0 Å². The van der Waals surface area contributed by atoms with Crippen LogP contribution in [-0.2, 0) is 12.0 Å². The predicted octanol–water partition coefficient (Wildman–Crippen LogP) is 3.81. The molecule has 1 saturated carbocycles. The number of nitrogens with zero attached hydrogens (tertiary/aromatic N) is 4. The summed E-state index contributed by atoms with van der Waals surface area (Å²) in [6.45, 7) is 3.96. The van der Waals surface area contributed by atoms with Gasteiger partial charge in [0.25, 0.3) is 0 Å². The molecule has 0 aliphatic heterocycles. The fraction of sp³-hybridized carbons (Fsp3) is 0.318. The van der Waals surface area contributed by atoms with Crippen LogP contribution in [0.5, 0.6) is 0 Å². The molecule has 3 aromatic rings. The molecule has 0 saturated heterocycles. The standard InChI is InChI=1S/C22H25FN6.HI/c1-2-24-21(27-16-22(9-10-22)18-6-3-4-7-19(18)23)26-15-17-8-12-25-20(14-17)29-13-5-11-28-29;/h3-8,11-14H,2,9-10,15-16H2,1H3,(H2,24,26,27);1H. The molecule has 0 radical (unpaired) electrons. The third-order valence-electron chi connectivity index (χ3n) is 5.21. The van der Waals surface area contributed by atoms with Crippen LogP contribution >= 0.6 is 24.0 Å². The number of hydrogen-bond acceptors (Lipinski definition) is 3. The lowest BCUT2D eigenvalue weighted by atomic mass is 9.95. The van der Waals surface area contributed by atoms with Crippen molar-refractivity contribution in [3.05, 3.63) is 78.0 Å². The SMILES string of the molecule is CCNC(=NCc1ccnc(-n2cccn2)c1)NCC1(c2ccccc2F)CC1.I. The Morgan fingerprint density at radius 1 is 1.17 bits per heavy atom. The van der Waals surface area contributed by atoms with E-state index in [-0.39, 0.29) is 35.2 Å². The Hall–Kier alpha value is -2.49. The molecule has 1 aliphatic carbocycles. The molecule has 0 unspecified atom stereocenters. The average molecular weight is 520 g/mol. The van der Waals surface area contributed by atoms with Crippen molar-refractivity contribution in [1.82, 2.24) is 25.4 Å². The summed E-state index contributed by atoms with van der Waals surface area (Å²) in [6, 6.07) is 12.8. The number of guanidine groups is 1. The smallest absolute Gasteiger partial charge is 0.191 e. The van der Waals surface area contributed by atoms with Crippen LogP contribution < -0.4 is 10.6 Å². The summed E-state index contributed by atoms with van der Waals surface area (Å²) in [4.78, 5) is 9.05. The minimum atomic E-state index is -0.133. The maximum absolute atomic E-state index is 14.2. The Morgan fingerprint density at radius 2 is 2.00 bits per heavy atom. The minimum Gasteiger partial charge on any atom is -0.357 e. The highest BCUT2D eigenvalue weighted by Crippen LogP contribution is 2.48. The predicted molar refractivity (Wildman–Crippen MR) is 127 cm³/mol. The number of nitrogens with one attached hydrogen (secondary N) is 2. The average Bonchev–Trinajstić information content (AvgIpc) is 3.32. The van der Waals surface area contributed by atoms with Crippen molar-refractivity contribution in [2.24, 2.45) is 4.99 Å². The van der Waals surface area contributed by atoms with E-state index in [2.05, 4.69) is 20.7 Å². The zero-order valence-electron chi connectivity index (χ0n) is 16.9. The zero-order chi connectivity index (χ0) is 20.1. The van der Waals surface area contributed by atoms with Gasteiger partial charge in [0, 0.05) is 37.1 Å². The van der Waals surface area contributed by atoms with Gasteiger partial charge in [-0.05, 0) is 55.2 Å². The van der Waals surface area contributed by atoms with Crippen LogP contribution in [0.25, 0.3) is 5.82 Å². The van der Waals surface area contributed by atoms with E-state index < -0.39 is 0 Å². The van der Waals surface area contributed by atoms with E-state index in [9.17, 15) is 4.39 Å². The second kappa shape index (κ2) is 10.0. The van der Waals surface area contributed by atoms with Gasteiger partial charge in [-0.2, -0.15) is 5.10 Å². The van der Waals surface area contributed by atoms with Crippen LogP contribution in [0.15, 0.2) is 66.0 Å². The van der Waals surface area contributed by atoms with E-state index in [0.717, 1.165) is 42.3 Å². The van der Waals surface area contributed by atoms with Gasteiger partial charge < -0.3 is 10.6 Å². The second-order valence-electron chi connectivity index (χ2n) is 7.28. The molecule has 0 bridgehead atoms. The number of benzene rings is 1. The fourth-order valence-electron chi connectivity index (χ4n) is 3.44. The van der Waals surface area contributed by atoms with Crippen LogP contribution in [0.2, 0.25) is 0 Å². The topological polar surface area (TPSA) is 67.1 Å². The molecule has 1 aromatic carbocycles. The Labute approximate surface area is 193 Å². The van der Waals surface area contributed by atoms with E-state index >= 15 is 0 Å². The van der Waals surface area contributed by atoms with E-state index in [4.69, 9.17) is 4.99 Å². The van der Waals surface area contributed by atoms with Crippen molar-refractivity contribution in [2.75, 3.05) is 13.1 Å². The summed E-state index contributed by atoms with van der Waals surface area (Å²) >= 11 is 0. The molecular weight excluding hydrogens is 494 g/mol. The minimum absolute atomic E-state index is 0. The van der Waals surface area contributed by atoms with Crippen molar-refractivity contribution in [3.63, 3.8) is 0 Å². The summed E-state index contributed by atoms with van der Waals surface area (Å²) in [5.41, 5.74) is 1.70. The number of pyridine rings is 1. The van der Waals surface area contributed by atoms with Gasteiger partial charge >= 0.3 is 0 Å². The summed E-state index contributed by atoms with van der Waals surface area (Å²) in [5, 5.41) is 10.9. The molecule has 8 heteroatoms. The van der Waals surface area contributed by atoms with Crippen LogP contribution in [0.4, 0.5) is 4.39 Å². The Bertz CT molecular complexity index is 985. The summed E-state index contributed by atoms with van der Waals surface area (Å²) in [6.07, 6.45) is 7.32. The van der Waals surface area contributed by atoms with Gasteiger partial charge in [0.15, 0.2) is 11.8 Å². The molecular formula is C22H26FIN6. The van der Waals surface area contributed by atoms with E-state index in [0.29, 0.717) is 13.1 Å². The van der Waals surface area contributed by atoms with Gasteiger partial charge in [0.1, 0.15) is 5.82 Å².